The fraction of sp³-hybridized carbons (Fsp3) is 0.611. The van der Waals surface area contributed by atoms with Gasteiger partial charge in [-0.1, -0.05) is 25.0 Å². The average molecular weight is 352 g/mol. The van der Waals surface area contributed by atoms with Crippen molar-refractivity contribution >= 4 is 29.4 Å². The zero-order valence-electron chi connectivity index (χ0n) is 13.5. The molecule has 2 aliphatic heterocycles. The molecule has 2 heterocycles. The van der Waals surface area contributed by atoms with Crippen LogP contribution in [0.3, 0.4) is 0 Å². The number of hydrogen-bond donors (Lipinski definition) is 0. The normalized spacial score (nSPS) is 20.1. The van der Waals surface area contributed by atoms with Crippen LogP contribution in [0.4, 0.5) is 0 Å². The molecule has 126 valence electrons. The van der Waals surface area contributed by atoms with Gasteiger partial charge in [0, 0.05) is 13.1 Å². The van der Waals surface area contributed by atoms with Gasteiger partial charge in [0.15, 0.2) is 6.61 Å². The van der Waals surface area contributed by atoms with Crippen molar-refractivity contribution < 1.29 is 9.53 Å². The van der Waals surface area contributed by atoms with Gasteiger partial charge in [-0.05, 0) is 48.5 Å². The Labute approximate surface area is 147 Å². The molecule has 0 atom stereocenters. The average Bonchev–Trinajstić information content (AvgIpc) is 2.90. The van der Waals surface area contributed by atoms with E-state index in [0.717, 1.165) is 31.7 Å². The highest BCUT2D eigenvalue weighted by Crippen LogP contribution is 2.43. The summed E-state index contributed by atoms with van der Waals surface area (Å²) < 4.78 is 6.25. The molecule has 3 nitrogen and oxygen atoms in total. The molecule has 2 fully saturated rings. The maximum atomic E-state index is 12.2. The maximum Gasteiger partial charge on any atom is 0.260 e. The molecule has 0 saturated carbocycles. The highest BCUT2D eigenvalue weighted by molar-refractivity contribution is 8.16. The standard InChI is InChI=1S/C18H25NO2S2/c20-17(19-10-3-1-2-4-11-19)14-21-16-8-6-15(7-9-16)18-22-12-5-13-23-18/h6-9,18H,1-5,10-14H2. The van der Waals surface area contributed by atoms with E-state index in [0.29, 0.717) is 4.58 Å². The molecule has 1 aromatic rings. The number of likely N-dealkylation sites (tertiary alicyclic amines) is 1. The Balaban J connectivity index is 1.48. The zero-order chi connectivity index (χ0) is 15.9. The minimum absolute atomic E-state index is 0.120. The van der Waals surface area contributed by atoms with Crippen molar-refractivity contribution in [2.75, 3.05) is 31.2 Å². The van der Waals surface area contributed by atoms with Crippen molar-refractivity contribution in [1.29, 1.82) is 0 Å². The van der Waals surface area contributed by atoms with Crippen molar-refractivity contribution in [2.24, 2.45) is 0 Å². The number of nitrogens with zero attached hydrogens (tertiary/aromatic N) is 1. The highest BCUT2D eigenvalue weighted by atomic mass is 32.2. The lowest BCUT2D eigenvalue weighted by atomic mass is 10.2. The lowest BCUT2D eigenvalue weighted by Gasteiger charge is -2.22. The molecule has 2 aliphatic rings. The Morgan fingerprint density at radius 2 is 1.65 bits per heavy atom. The number of amides is 1. The fourth-order valence-corrected chi connectivity index (χ4v) is 5.85. The van der Waals surface area contributed by atoms with E-state index in [9.17, 15) is 4.79 Å². The van der Waals surface area contributed by atoms with Gasteiger partial charge in [-0.2, -0.15) is 0 Å². The molecular formula is C18H25NO2S2. The quantitative estimate of drug-likeness (QED) is 0.807. The van der Waals surface area contributed by atoms with Gasteiger partial charge in [0.2, 0.25) is 0 Å². The minimum Gasteiger partial charge on any atom is -0.484 e. The molecule has 2 saturated heterocycles. The van der Waals surface area contributed by atoms with E-state index in [4.69, 9.17) is 4.74 Å². The number of benzene rings is 1. The van der Waals surface area contributed by atoms with Crippen LogP contribution in [0.5, 0.6) is 5.75 Å². The Morgan fingerprint density at radius 1 is 1.00 bits per heavy atom. The van der Waals surface area contributed by atoms with Gasteiger partial charge < -0.3 is 9.64 Å². The topological polar surface area (TPSA) is 29.5 Å². The molecule has 3 rings (SSSR count). The molecule has 1 amide bonds. The summed E-state index contributed by atoms with van der Waals surface area (Å²) in [6.07, 6.45) is 6.03. The van der Waals surface area contributed by atoms with Crippen LogP contribution in [0.25, 0.3) is 0 Å². The molecule has 23 heavy (non-hydrogen) atoms. The Morgan fingerprint density at radius 3 is 2.30 bits per heavy atom. The van der Waals surface area contributed by atoms with Crippen molar-refractivity contribution in [2.45, 2.75) is 36.7 Å². The Hall–Kier alpha value is -0.810. The van der Waals surface area contributed by atoms with Gasteiger partial charge >= 0.3 is 0 Å². The number of thioether (sulfide) groups is 2. The molecule has 0 N–H and O–H groups in total. The third-order valence-corrected chi connectivity index (χ3v) is 7.32. The number of carbonyl (C=O) groups excluding carboxylic acids is 1. The third-order valence-electron chi connectivity index (χ3n) is 4.30. The predicted octanol–water partition coefficient (Wildman–Crippen LogP) is 4.34. The molecule has 0 aromatic heterocycles. The first-order chi connectivity index (χ1) is 11.3. The lowest BCUT2D eigenvalue weighted by molar-refractivity contribution is -0.133. The van der Waals surface area contributed by atoms with Gasteiger partial charge in [-0.25, -0.2) is 0 Å². The molecule has 0 aliphatic carbocycles. The summed E-state index contributed by atoms with van der Waals surface area (Å²) in [5, 5.41) is 0. The Kier molecular flexibility index (Phi) is 6.57. The first kappa shape index (κ1) is 17.0. The van der Waals surface area contributed by atoms with E-state index in [1.54, 1.807) is 0 Å². The van der Waals surface area contributed by atoms with E-state index in [1.165, 1.54) is 36.3 Å². The molecule has 0 spiro atoms. The molecule has 5 heteroatoms. The van der Waals surface area contributed by atoms with Crippen LogP contribution in [-0.2, 0) is 4.79 Å². The van der Waals surface area contributed by atoms with Gasteiger partial charge in [-0.3, -0.25) is 4.79 Å². The number of hydrogen-bond acceptors (Lipinski definition) is 4. The minimum atomic E-state index is 0.120. The molecule has 1 aromatic carbocycles. The number of ether oxygens (including phenoxy) is 1. The van der Waals surface area contributed by atoms with Crippen LogP contribution >= 0.6 is 23.5 Å². The predicted molar refractivity (Wildman–Crippen MR) is 99.3 cm³/mol. The van der Waals surface area contributed by atoms with Crippen molar-refractivity contribution in [3.63, 3.8) is 0 Å². The number of carbonyl (C=O) groups is 1. The largest absolute Gasteiger partial charge is 0.484 e. The van der Waals surface area contributed by atoms with Crippen molar-refractivity contribution in [3.05, 3.63) is 29.8 Å². The molecule has 0 bridgehead atoms. The van der Waals surface area contributed by atoms with Crippen LogP contribution in [0.2, 0.25) is 0 Å². The van der Waals surface area contributed by atoms with Gasteiger partial charge in [0.25, 0.3) is 5.91 Å². The first-order valence-corrected chi connectivity index (χ1v) is 10.7. The SMILES string of the molecule is O=C(COc1ccc(C2SCCCS2)cc1)N1CCCCCC1. The maximum absolute atomic E-state index is 12.2. The van der Waals surface area contributed by atoms with Crippen LogP contribution in [0.1, 0.15) is 42.2 Å². The van der Waals surface area contributed by atoms with E-state index < -0.39 is 0 Å². The third kappa shape index (κ3) is 5.08. The second-order valence-electron chi connectivity index (χ2n) is 6.08. The number of rotatable bonds is 4. The van der Waals surface area contributed by atoms with Crippen LogP contribution in [0.15, 0.2) is 24.3 Å². The van der Waals surface area contributed by atoms with Gasteiger partial charge in [0.1, 0.15) is 5.75 Å². The van der Waals surface area contributed by atoms with Crippen LogP contribution in [-0.4, -0.2) is 42.0 Å². The first-order valence-electron chi connectivity index (χ1n) is 8.57. The summed E-state index contributed by atoms with van der Waals surface area (Å²) in [5.74, 6) is 3.41. The second-order valence-corrected chi connectivity index (χ2v) is 8.80. The second kappa shape index (κ2) is 8.88. The monoisotopic (exact) mass is 351 g/mol. The van der Waals surface area contributed by atoms with Crippen LogP contribution < -0.4 is 4.74 Å². The molecule has 0 radical (unpaired) electrons. The van der Waals surface area contributed by atoms with Crippen molar-refractivity contribution in [1.82, 2.24) is 4.90 Å². The smallest absolute Gasteiger partial charge is 0.260 e. The summed E-state index contributed by atoms with van der Waals surface area (Å²) in [5.41, 5.74) is 1.35. The lowest BCUT2D eigenvalue weighted by Crippen LogP contribution is -2.35. The zero-order valence-corrected chi connectivity index (χ0v) is 15.2. The fourth-order valence-electron chi connectivity index (χ4n) is 2.96. The highest BCUT2D eigenvalue weighted by Gasteiger charge is 2.17. The van der Waals surface area contributed by atoms with Crippen molar-refractivity contribution in [3.8, 4) is 5.75 Å². The van der Waals surface area contributed by atoms with Crippen LogP contribution in [0, 0.1) is 0 Å². The summed E-state index contributed by atoms with van der Waals surface area (Å²) in [4.78, 5) is 14.2. The Bertz CT molecular complexity index is 492. The van der Waals surface area contributed by atoms with E-state index in [1.807, 2.05) is 40.6 Å². The summed E-state index contributed by atoms with van der Waals surface area (Å²) in [7, 11) is 0. The van der Waals surface area contributed by atoms with E-state index in [-0.39, 0.29) is 12.5 Å². The molecular weight excluding hydrogens is 326 g/mol. The summed E-state index contributed by atoms with van der Waals surface area (Å²) >= 11 is 4.05. The van der Waals surface area contributed by atoms with E-state index in [2.05, 4.69) is 12.1 Å². The van der Waals surface area contributed by atoms with E-state index >= 15 is 0 Å². The van der Waals surface area contributed by atoms with Gasteiger partial charge in [-0.15, -0.1) is 23.5 Å². The van der Waals surface area contributed by atoms with Gasteiger partial charge in [0.05, 0.1) is 4.58 Å². The summed E-state index contributed by atoms with van der Waals surface area (Å²) in [6.45, 7) is 1.93. The molecule has 0 unspecified atom stereocenters. The summed E-state index contributed by atoms with van der Waals surface area (Å²) in [6, 6.07) is 8.28.